The minimum Gasteiger partial charge on any atom is -0.315 e. The second-order valence-electron chi connectivity index (χ2n) is 4.71. The summed E-state index contributed by atoms with van der Waals surface area (Å²) in [5.41, 5.74) is 1.50. The molecule has 6 heteroatoms. The highest BCUT2D eigenvalue weighted by Gasteiger charge is 2.29. The monoisotopic (exact) mass is 324 g/mol. The van der Waals surface area contributed by atoms with Crippen molar-refractivity contribution in [2.75, 3.05) is 17.9 Å². The second-order valence-corrected chi connectivity index (χ2v) is 7.47. The molecule has 1 aromatic heterocycles. The Balaban J connectivity index is 2.53. The average molecular weight is 324 g/mol. The van der Waals surface area contributed by atoms with Gasteiger partial charge in [-0.25, -0.2) is 8.42 Å². The lowest BCUT2D eigenvalue weighted by Gasteiger charge is -2.23. The van der Waals surface area contributed by atoms with Crippen LogP contribution in [0.15, 0.2) is 40.6 Å². The zero-order valence-electron chi connectivity index (χ0n) is 12.5. The quantitative estimate of drug-likeness (QED) is 0.888. The Morgan fingerprint density at radius 1 is 1.24 bits per heavy atom. The molecule has 0 atom stereocenters. The van der Waals surface area contributed by atoms with Crippen molar-refractivity contribution in [1.82, 2.24) is 5.32 Å². The van der Waals surface area contributed by atoms with Crippen LogP contribution in [0.3, 0.4) is 0 Å². The molecule has 0 amide bonds. The molecule has 21 heavy (non-hydrogen) atoms. The fourth-order valence-corrected chi connectivity index (χ4v) is 5.56. The van der Waals surface area contributed by atoms with E-state index in [1.54, 1.807) is 0 Å². The van der Waals surface area contributed by atoms with Gasteiger partial charge in [0, 0.05) is 18.0 Å². The Bertz CT molecular complexity index is 694. The number of anilines is 1. The summed E-state index contributed by atoms with van der Waals surface area (Å²) in [5.74, 6) is 0. The molecular weight excluding hydrogens is 304 g/mol. The van der Waals surface area contributed by atoms with Crippen LogP contribution in [-0.2, 0) is 16.6 Å². The highest BCUT2D eigenvalue weighted by Crippen LogP contribution is 2.31. The molecule has 114 valence electrons. The van der Waals surface area contributed by atoms with Crippen LogP contribution in [0.4, 0.5) is 5.69 Å². The summed E-state index contributed by atoms with van der Waals surface area (Å²) in [4.78, 5) is 1.29. The molecule has 2 rings (SSSR count). The van der Waals surface area contributed by atoms with Gasteiger partial charge in [0.05, 0.1) is 5.69 Å². The molecule has 0 radical (unpaired) electrons. The van der Waals surface area contributed by atoms with Gasteiger partial charge >= 0.3 is 0 Å². The molecule has 1 aromatic carbocycles. The van der Waals surface area contributed by atoms with Gasteiger partial charge in [0.25, 0.3) is 10.0 Å². The number of aryl methyl sites for hydroxylation is 1. The first-order chi connectivity index (χ1) is 10.0. The maximum Gasteiger partial charge on any atom is 0.265 e. The molecule has 0 saturated carbocycles. The maximum atomic E-state index is 13.0. The molecule has 0 bridgehead atoms. The molecule has 0 fully saturated rings. The first-order valence-corrected chi connectivity index (χ1v) is 9.13. The van der Waals surface area contributed by atoms with E-state index < -0.39 is 10.0 Å². The van der Waals surface area contributed by atoms with Crippen molar-refractivity contribution in [3.63, 3.8) is 0 Å². The fourth-order valence-electron chi connectivity index (χ4n) is 2.31. The minimum atomic E-state index is -3.54. The summed E-state index contributed by atoms with van der Waals surface area (Å²) >= 11 is 1.48. The topological polar surface area (TPSA) is 49.4 Å². The van der Waals surface area contributed by atoms with Gasteiger partial charge in [0.1, 0.15) is 4.90 Å². The first-order valence-electron chi connectivity index (χ1n) is 6.81. The molecule has 0 aliphatic rings. The zero-order chi connectivity index (χ0) is 15.5. The molecule has 0 spiro atoms. The lowest BCUT2D eigenvalue weighted by molar-refractivity contribution is 0.590. The molecule has 4 nitrogen and oxygen atoms in total. The van der Waals surface area contributed by atoms with Crippen LogP contribution in [0.2, 0.25) is 0 Å². The molecule has 1 heterocycles. The Morgan fingerprint density at radius 2 is 1.90 bits per heavy atom. The Hall–Kier alpha value is -1.37. The molecule has 0 aliphatic heterocycles. The highest BCUT2D eigenvalue weighted by atomic mass is 32.2. The number of para-hydroxylation sites is 1. The van der Waals surface area contributed by atoms with E-state index in [0.29, 0.717) is 23.7 Å². The van der Waals surface area contributed by atoms with E-state index in [0.717, 1.165) is 10.4 Å². The smallest absolute Gasteiger partial charge is 0.265 e. The van der Waals surface area contributed by atoms with Gasteiger partial charge in [0.2, 0.25) is 0 Å². The van der Waals surface area contributed by atoms with Gasteiger partial charge in [-0.05, 0) is 44.0 Å². The summed E-state index contributed by atoms with van der Waals surface area (Å²) in [6.45, 7) is 4.66. The molecule has 0 aliphatic carbocycles. The van der Waals surface area contributed by atoms with Crippen LogP contribution in [0, 0.1) is 6.92 Å². The van der Waals surface area contributed by atoms with Crippen LogP contribution in [0.5, 0.6) is 0 Å². The van der Waals surface area contributed by atoms with Gasteiger partial charge in [0.15, 0.2) is 0 Å². The van der Waals surface area contributed by atoms with E-state index in [2.05, 4.69) is 5.32 Å². The number of benzene rings is 1. The zero-order valence-corrected chi connectivity index (χ0v) is 14.1. The predicted octanol–water partition coefficient (Wildman–Crippen LogP) is 2.99. The van der Waals surface area contributed by atoms with Crippen molar-refractivity contribution in [2.45, 2.75) is 25.3 Å². The molecule has 0 unspecified atom stereocenters. The molecule has 1 N–H and O–H groups in total. The van der Waals surface area contributed by atoms with E-state index in [1.165, 1.54) is 15.6 Å². The number of hydrogen-bond donors (Lipinski definition) is 1. The average Bonchev–Trinajstić information content (AvgIpc) is 2.82. The fraction of sp³-hybridized carbons (Fsp3) is 0.333. The number of nitrogens with zero attached hydrogens (tertiary/aromatic N) is 1. The van der Waals surface area contributed by atoms with Crippen LogP contribution >= 0.6 is 11.3 Å². The lowest BCUT2D eigenvalue weighted by atomic mass is 10.3. The van der Waals surface area contributed by atoms with Crippen molar-refractivity contribution < 1.29 is 8.42 Å². The van der Waals surface area contributed by atoms with E-state index >= 15 is 0 Å². The number of rotatable bonds is 6. The molecule has 2 aromatic rings. The van der Waals surface area contributed by atoms with Gasteiger partial charge < -0.3 is 5.32 Å². The van der Waals surface area contributed by atoms with Crippen molar-refractivity contribution in [1.29, 1.82) is 0 Å². The van der Waals surface area contributed by atoms with E-state index in [1.807, 2.05) is 56.6 Å². The largest absolute Gasteiger partial charge is 0.315 e. The SMILES string of the molecule is CCN(c1ccccc1)S(=O)(=O)c1c(C)csc1CNC. The van der Waals surface area contributed by atoms with E-state index in [-0.39, 0.29) is 0 Å². The van der Waals surface area contributed by atoms with Crippen LogP contribution < -0.4 is 9.62 Å². The number of hydrogen-bond acceptors (Lipinski definition) is 4. The van der Waals surface area contributed by atoms with E-state index in [4.69, 9.17) is 0 Å². The van der Waals surface area contributed by atoms with Gasteiger partial charge in [-0.15, -0.1) is 11.3 Å². The standard InChI is InChI=1S/C15H20N2O2S2/c1-4-17(13-8-6-5-7-9-13)21(18,19)15-12(2)11-20-14(15)10-16-3/h5-9,11,16H,4,10H2,1-3H3. The number of thiophene rings is 1. The summed E-state index contributed by atoms with van der Waals surface area (Å²) in [7, 11) is -1.72. The van der Waals surface area contributed by atoms with Gasteiger partial charge in [-0.3, -0.25) is 4.31 Å². The molecule has 0 saturated heterocycles. The third-order valence-electron chi connectivity index (χ3n) is 3.21. The Labute approximate surface area is 130 Å². The summed E-state index contributed by atoms with van der Waals surface area (Å²) < 4.78 is 27.6. The normalized spacial score (nSPS) is 11.6. The van der Waals surface area contributed by atoms with Crippen molar-refractivity contribution in [3.8, 4) is 0 Å². The van der Waals surface area contributed by atoms with Crippen molar-refractivity contribution in [2.24, 2.45) is 0 Å². The van der Waals surface area contributed by atoms with Crippen LogP contribution in [-0.4, -0.2) is 22.0 Å². The Morgan fingerprint density at radius 3 is 2.48 bits per heavy atom. The highest BCUT2D eigenvalue weighted by molar-refractivity contribution is 7.93. The lowest BCUT2D eigenvalue weighted by Crippen LogP contribution is -2.31. The van der Waals surface area contributed by atoms with Crippen LogP contribution in [0.25, 0.3) is 0 Å². The van der Waals surface area contributed by atoms with E-state index in [9.17, 15) is 8.42 Å². The first kappa shape index (κ1) is 16.0. The van der Waals surface area contributed by atoms with Crippen LogP contribution in [0.1, 0.15) is 17.4 Å². The summed E-state index contributed by atoms with van der Waals surface area (Å²) in [5, 5.41) is 4.94. The van der Waals surface area contributed by atoms with Gasteiger partial charge in [-0.1, -0.05) is 18.2 Å². The number of sulfonamides is 1. The van der Waals surface area contributed by atoms with Gasteiger partial charge in [-0.2, -0.15) is 0 Å². The van der Waals surface area contributed by atoms with Crippen molar-refractivity contribution in [3.05, 3.63) is 46.2 Å². The second kappa shape index (κ2) is 6.60. The molecular formula is C15H20N2O2S2. The third kappa shape index (κ3) is 3.12. The predicted molar refractivity (Wildman–Crippen MR) is 88.5 cm³/mol. The summed E-state index contributed by atoms with van der Waals surface area (Å²) in [6, 6.07) is 9.22. The Kier molecular flexibility index (Phi) is 5.03. The summed E-state index contributed by atoms with van der Waals surface area (Å²) in [6.07, 6.45) is 0. The van der Waals surface area contributed by atoms with Crippen molar-refractivity contribution >= 4 is 27.0 Å². The maximum absolute atomic E-state index is 13.0. The third-order valence-corrected chi connectivity index (χ3v) is 6.57. The number of nitrogens with one attached hydrogen (secondary N) is 1. The minimum absolute atomic E-state index is 0.403.